The summed E-state index contributed by atoms with van der Waals surface area (Å²) < 4.78 is 23.5. The van der Waals surface area contributed by atoms with Crippen LogP contribution in [0.3, 0.4) is 0 Å². The number of carbonyl (C=O) groups is 1. The Bertz CT molecular complexity index is 1710. The van der Waals surface area contributed by atoms with Gasteiger partial charge in [-0.15, -0.1) is 0 Å². The van der Waals surface area contributed by atoms with Crippen molar-refractivity contribution in [1.82, 2.24) is 5.32 Å². The van der Waals surface area contributed by atoms with Gasteiger partial charge < -0.3 is 28.8 Å². The second kappa shape index (κ2) is 65.9. The number of aliphatic hydroxyl groups excluding tert-OH is 1. The molecule has 0 aliphatic carbocycles. The van der Waals surface area contributed by atoms with Crippen LogP contribution in [0.4, 0.5) is 0 Å². The molecule has 0 saturated carbocycles. The number of quaternary nitrogens is 1. The van der Waals surface area contributed by atoms with Crippen LogP contribution in [0.2, 0.25) is 0 Å². The van der Waals surface area contributed by atoms with Gasteiger partial charge in [-0.1, -0.05) is 342 Å². The van der Waals surface area contributed by atoms with E-state index in [1.807, 2.05) is 27.2 Å². The van der Waals surface area contributed by atoms with Crippen molar-refractivity contribution < 1.29 is 32.9 Å². The normalized spacial score (nSPS) is 14.2. The number of allylic oxidation sites excluding steroid dienone is 15. The predicted octanol–water partition coefficient (Wildman–Crippen LogP) is 22.6. The second-order valence-electron chi connectivity index (χ2n) is 25.6. The third kappa shape index (κ3) is 68.8. The number of aliphatic hydroxyl groups is 1. The van der Waals surface area contributed by atoms with Gasteiger partial charge in [0.2, 0.25) is 5.91 Å². The molecule has 3 unspecified atom stereocenters. The number of rotatable bonds is 66. The van der Waals surface area contributed by atoms with Gasteiger partial charge in [-0.2, -0.15) is 0 Å². The lowest BCUT2D eigenvalue weighted by molar-refractivity contribution is -0.870. The standard InChI is InChI=1S/C76H139N2O6P/c1-6-8-10-12-14-16-18-20-22-24-26-28-30-32-34-36-38-39-40-42-44-46-48-50-52-54-56-58-60-62-64-66-68-70-76(80)77-74(73-84-85(81,82)83-72-71-78(3,4)5)75(79)69-67-65-63-61-59-57-55-53-51-49-47-45-43-41-37-35-33-31-29-27-25-23-21-19-17-15-13-11-9-7-2/h8,10,14,16,20,22,26,28,32,34,38-39,42,44,67,69,74-75,79H,6-7,9,11-13,15,17-19,21,23-25,27,29-31,33,35-37,40-41,43,45-66,68,70-73H2,1-5H3,(H-,77,80,81,82)/b10-8-,16-14-,22-20-,28-26-,34-32-,39-38-,44-42-,69-67+. The first kappa shape index (κ1) is 82.4. The Kier molecular flexibility index (Phi) is 63.9. The van der Waals surface area contributed by atoms with Crippen molar-refractivity contribution in [1.29, 1.82) is 0 Å². The molecule has 1 amide bonds. The molecule has 0 bridgehead atoms. The van der Waals surface area contributed by atoms with E-state index < -0.39 is 20.0 Å². The van der Waals surface area contributed by atoms with Crippen molar-refractivity contribution in [3.05, 3.63) is 97.2 Å². The number of likely N-dealkylation sites (N-methyl/N-ethyl adjacent to an activating group) is 1. The minimum atomic E-state index is -4.61. The van der Waals surface area contributed by atoms with Crippen LogP contribution in [0.1, 0.15) is 328 Å². The smallest absolute Gasteiger partial charge is 0.268 e. The average Bonchev–Trinajstić information content (AvgIpc) is 3.49. The fourth-order valence-electron chi connectivity index (χ4n) is 10.5. The van der Waals surface area contributed by atoms with Crippen molar-refractivity contribution in [2.75, 3.05) is 40.9 Å². The highest BCUT2D eigenvalue weighted by molar-refractivity contribution is 7.45. The van der Waals surface area contributed by atoms with Crippen molar-refractivity contribution in [3.63, 3.8) is 0 Å². The highest BCUT2D eigenvalue weighted by Crippen LogP contribution is 2.38. The first-order valence-electron chi connectivity index (χ1n) is 36.1. The van der Waals surface area contributed by atoms with Gasteiger partial charge in [-0.25, -0.2) is 0 Å². The van der Waals surface area contributed by atoms with Gasteiger partial charge in [0.05, 0.1) is 39.9 Å². The number of phosphoric acid groups is 1. The van der Waals surface area contributed by atoms with Gasteiger partial charge in [0, 0.05) is 6.42 Å². The van der Waals surface area contributed by atoms with Crippen molar-refractivity contribution in [3.8, 4) is 0 Å². The molecule has 9 heteroatoms. The van der Waals surface area contributed by atoms with E-state index in [0.717, 1.165) is 83.5 Å². The predicted molar refractivity (Wildman–Crippen MR) is 371 cm³/mol. The first-order valence-corrected chi connectivity index (χ1v) is 37.6. The minimum absolute atomic E-state index is 0.00479. The summed E-state index contributed by atoms with van der Waals surface area (Å²) in [6.45, 7) is 4.57. The molecular formula is C76H139N2O6P. The molecule has 2 N–H and O–H groups in total. The van der Waals surface area contributed by atoms with E-state index in [0.29, 0.717) is 17.4 Å². The lowest BCUT2D eigenvalue weighted by Crippen LogP contribution is -2.45. The second-order valence-corrected chi connectivity index (χ2v) is 27.0. The van der Waals surface area contributed by atoms with Crippen LogP contribution < -0.4 is 10.2 Å². The molecular weight excluding hydrogens is 1070 g/mol. The van der Waals surface area contributed by atoms with Crippen LogP contribution >= 0.6 is 7.82 Å². The largest absolute Gasteiger partial charge is 0.756 e. The Morgan fingerprint density at radius 3 is 1.05 bits per heavy atom. The first-order chi connectivity index (χ1) is 41.5. The molecule has 0 aromatic heterocycles. The van der Waals surface area contributed by atoms with E-state index in [-0.39, 0.29) is 19.1 Å². The van der Waals surface area contributed by atoms with Crippen LogP contribution in [0, 0.1) is 0 Å². The number of phosphoric ester groups is 1. The number of carbonyl (C=O) groups excluding carboxylic acids is 1. The summed E-state index contributed by atoms with van der Waals surface area (Å²) in [5.41, 5.74) is 0. The zero-order chi connectivity index (χ0) is 61.9. The summed E-state index contributed by atoms with van der Waals surface area (Å²) in [6, 6.07) is -0.896. The molecule has 0 spiro atoms. The fraction of sp³-hybridized carbons (Fsp3) is 0.776. The van der Waals surface area contributed by atoms with Crippen LogP contribution in [-0.4, -0.2) is 68.5 Å². The zero-order valence-corrected chi connectivity index (χ0v) is 57.4. The topological polar surface area (TPSA) is 108 Å². The Morgan fingerprint density at radius 1 is 0.424 bits per heavy atom. The monoisotopic (exact) mass is 1210 g/mol. The lowest BCUT2D eigenvalue weighted by Gasteiger charge is -2.29. The van der Waals surface area contributed by atoms with Gasteiger partial charge >= 0.3 is 0 Å². The third-order valence-electron chi connectivity index (χ3n) is 16.0. The number of hydrogen-bond acceptors (Lipinski definition) is 6. The molecule has 0 radical (unpaired) electrons. The molecule has 0 aromatic rings. The molecule has 0 aliphatic heterocycles. The summed E-state index contributed by atoms with van der Waals surface area (Å²) in [5, 5.41) is 14.0. The Morgan fingerprint density at radius 2 is 0.718 bits per heavy atom. The van der Waals surface area contributed by atoms with Crippen molar-refractivity contribution >= 4 is 13.7 Å². The molecule has 0 fully saturated rings. The number of nitrogens with one attached hydrogen (secondary N) is 1. The summed E-state index contributed by atoms with van der Waals surface area (Å²) in [5.74, 6) is -0.200. The van der Waals surface area contributed by atoms with Crippen molar-refractivity contribution in [2.45, 2.75) is 341 Å². The van der Waals surface area contributed by atoms with Crippen molar-refractivity contribution in [2.24, 2.45) is 0 Å². The Hall–Kier alpha value is -2.58. The van der Waals surface area contributed by atoms with Crippen LogP contribution in [0.5, 0.6) is 0 Å². The lowest BCUT2D eigenvalue weighted by atomic mass is 10.0. The fourth-order valence-corrected chi connectivity index (χ4v) is 11.2. The van der Waals surface area contributed by atoms with E-state index in [4.69, 9.17) is 9.05 Å². The Labute approximate surface area is 528 Å². The molecule has 3 atom stereocenters. The Balaban J connectivity index is 4.09. The minimum Gasteiger partial charge on any atom is -0.756 e. The molecule has 8 nitrogen and oxygen atoms in total. The van der Waals surface area contributed by atoms with Crippen LogP contribution in [-0.2, 0) is 18.4 Å². The maximum Gasteiger partial charge on any atom is 0.268 e. The maximum absolute atomic E-state index is 13.1. The number of hydrogen-bond donors (Lipinski definition) is 2. The molecule has 0 aliphatic rings. The van der Waals surface area contributed by atoms with E-state index in [9.17, 15) is 19.4 Å². The number of unbranched alkanes of at least 4 members (excludes halogenated alkanes) is 39. The van der Waals surface area contributed by atoms with Gasteiger partial charge in [-0.3, -0.25) is 9.36 Å². The molecule has 494 valence electrons. The molecule has 85 heavy (non-hydrogen) atoms. The van der Waals surface area contributed by atoms with Gasteiger partial charge in [0.1, 0.15) is 13.2 Å². The summed E-state index contributed by atoms with van der Waals surface area (Å²) in [7, 11) is 1.26. The molecule has 0 aromatic carbocycles. The molecule has 0 saturated heterocycles. The molecule has 0 rings (SSSR count). The van der Waals surface area contributed by atoms with E-state index in [2.05, 4.69) is 104 Å². The summed E-state index contributed by atoms with van der Waals surface area (Å²) in [6.07, 6.45) is 95.3. The highest BCUT2D eigenvalue weighted by Gasteiger charge is 2.23. The van der Waals surface area contributed by atoms with Gasteiger partial charge in [0.15, 0.2) is 0 Å². The van der Waals surface area contributed by atoms with E-state index in [1.165, 1.54) is 225 Å². The van der Waals surface area contributed by atoms with Crippen LogP contribution in [0.25, 0.3) is 0 Å². The van der Waals surface area contributed by atoms with Gasteiger partial charge in [0.25, 0.3) is 7.82 Å². The highest BCUT2D eigenvalue weighted by atomic mass is 31.2. The number of nitrogens with zero attached hydrogens (tertiary/aromatic N) is 1. The quantitative estimate of drug-likeness (QED) is 0.0272. The van der Waals surface area contributed by atoms with Crippen LogP contribution in [0.15, 0.2) is 97.2 Å². The molecule has 0 heterocycles. The van der Waals surface area contributed by atoms with Gasteiger partial charge in [-0.05, 0) is 77.0 Å². The summed E-state index contributed by atoms with van der Waals surface area (Å²) >= 11 is 0. The van der Waals surface area contributed by atoms with E-state index >= 15 is 0 Å². The van der Waals surface area contributed by atoms with E-state index in [1.54, 1.807) is 6.08 Å². The zero-order valence-electron chi connectivity index (χ0n) is 56.5. The summed E-state index contributed by atoms with van der Waals surface area (Å²) in [4.78, 5) is 25.7. The number of amides is 1. The maximum atomic E-state index is 13.1. The average molecular weight is 1210 g/mol. The SMILES string of the molecule is CC/C=C\C/C=C\C/C=C\C/C=C\C/C=C\C/C=C\C/C=C\CCCCCCCCCCCCCC(=O)NC(COP(=O)([O-])OCC[N+](C)(C)C)C(O)/C=C/CCCCCCCCCCCCCCCCCCCCCCCCCCCCCC. The third-order valence-corrected chi connectivity index (χ3v) is 17.0.